The van der Waals surface area contributed by atoms with Crippen LogP contribution in [0.4, 0.5) is 0 Å². The molecule has 1 rings (SSSR count). The Kier molecular flexibility index (Phi) is 4.51. The van der Waals surface area contributed by atoms with Gasteiger partial charge in [-0.3, -0.25) is 4.79 Å². The van der Waals surface area contributed by atoms with Crippen molar-refractivity contribution in [3.63, 3.8) is 0 Å². The van der Waals surface area contributed by atoms with Gasteiger partial charge in [-0.05, 0) is 44.0 Å². The van der Waals surface area contributed by atoms with Crippen LogP contribution in [0.15, 0.2) is 16.6 Å². The van der Waals surface area contributed by atoms with Crippen LogP contribution in [0.3, 0.4) is 0 Å². The highest BCUT2D eigenvalue weighted by atomic mass is 79.9. The lowest BCUT2D eigenvalue weighted by Gasteiger charge is -2.22. The Hall–Kier alpha value is -1.36. The van der Waals surface area contributed by atoms with Crippen LogP contribution in [0.2, 0.25) is 0 Å². The Morgan fingerprint density at radius 2 is 1.83 bits per heavy atom. The molecule has 1 aromatic carbocycles. The maximum Gasteiger partial charge on any atom is 0.326 e. The Morgan fingerprint density at radius 1 is 1.28 bits per heavy atom. The zero-order valence-electron chi connectivity index (χ0n) is 10.8. The van der Waals surface area contributed by atoms with E-state index in [9.17, 15) is 9.59 Å². The first kappa shape index (κ1) is 14.7. The van der Waals surface area contributed by atoms with E-state index in [4.69, 9.17) is 5.11 Å². The van der Waals surface area contributed by atoms with E-state index in [0.717, 1.165) is 15.6 Å². The van der Waals surface area contributed by atoms with E-state index in [1.165, 1.54) is 18.9 Å². The number of hydrogen-bond acceptors (Lipinski definition) is 2. The molecule has 98 valence electrons. The van der Waals surface area contributed by atoms with Crippen molar-refractivity contribution in [3.8, 4) is 0 Å². The molecule has 0 aliphatic heterocycles. The molecule has 0 spiro atoms. The van der Waals surface area contributed by atoms with Gasteiger partial charge in [0.15, 0.2) is 0 Å². The largest absolute Gasteiger partial charge is 0.480 e. The molecule has 1 aromatic rings. The number of benzene rings is 1. The van der Waals surface area contributed by atoms with E-state index in [0.29, 0.717) is 5.56 Å². The van der Waals surface area contributed by atoms with Crippen molar-refractivity contribution < 1.29 is 14.7 Å². The SMILES string of the molecule is Cc1cc(C(=O)N(C)C(C)C(=O)O)c(C)cc1Br. The smallest absolute Gasteiger partial charge is 0.326 e. The Morgan fingerprint density at radius 3 is 2.33 bits per heavy atom. The van der Waals surface area contributed by atoms with Gasteiger partial charge in [-0.2, -0.15) is 0 Å². The number of likely N-dealkylation sites (N-methyl/N-ethyl adjacent to an activating group) is 1. The van der Waals surface area contributed by atoms with Gasteiger partial charge in [0.2, 0.25) is 0 Å². The lowest BCUT2D eigenvalue weighted by atomic mass is 10.0. The number of aliphatic carboxylic acids is 1. The third-order valence-electron chi connectivity index (χ3n) is 2.99. The predicted molar refractivity (Wildman–Crippen MR) is 72.8 cm³/mol. The highest BCUT2D eigenvalue weighted by Crippen LogP contribution is 2.22. The summed E-state index contributed by atoms with van der Waals surface area (Å²) in [6.45, 7) is 5.21. The zero-order chi connectivity index (χ0) is 14.0. The maximum atomic E-state index is 12.2. The van der Waals surface area contributed by atoms with Crippen LogP contribution in [0.25, 0.3) is 0 Å². The van der Waals surface area contributed by atoms with Crippen LogP contribution in [0.5, 0.6) is 0 Å². The molecule has 0 bridgehead atoms. The monoisotopic (exact) mass is 313 g/mol. The van der Waals surface area contributed by atoms with E-state index in [1.54, 1.807) is 6.07 Å². The summed E-state index contributed by atoms with van der Waals surface area (Å²) in [5.74, 6) is -1.30. The minimum atomic E-state index is -1.02. The van der Waals surface area contributed by atoms with Gasteiger partial charge in [0.1, 0.15) is 6.04 Å². The quantitative estimate of drug-likeness (QED) is 0.933. The first-order valence-corrected chi connectivity index (χ1v) is 6.31. The van der Waals surface area contributed by atoms with Crippen molar-refractivity contribution in [3.05, 3.63) is 33.3 Å². The van der Waals surface area contributed by atoms with Crippen LogP contribution in [-0.4, -0.2) is 35.0 Å². The first-order chi connectivity index (χ1) is 8.25. The van der Waals surface area contributed by atoms with Gasteiger partial charge >= 0.3 is 5.97 Å². The number of carboxylic acids is 1. The minimum Gasteiger partial charge on any atom is -0.480 e. The van der Waals surface area contributed by atoms with E-state index >= 15 is 0 Å². The number of carbonyl (C=O) groups is 2. The van der Waals surface area contributed by atoms with E-state index in [-0.39, 0.29) is 5.91 Å². The van der Waals surface area contributed by atoms with Gasteiger partial charge < -0.3 is 10.0 Å². The molecule has 0 fully saturated rings. The predicted octanol–water partition coefficient (Wildman–Crippen LogP) is 2.61. The number of nitrogens with zero attached hydrogens (tertiary/aromatic N) is 1. The summed E-state index contributed by atoms with van der Waals surface area (Å²) in [6, 6.07) is 2.79. The van der Waals surface area contributed by atoms with Crippen LogP contribution in [0, 0.1) is 13.8 Å². The summed E-state index contributed by atoms with van der Waals surface area (Å²) < 4.78 is 0.936. The minimum absolute atomic E-state index is 0.280. The molecule has 1 atom stereocenters. The summed E-state index contributed by atoms with van der Waals surface area (Å²) >= 11 is 3.40. The number of amides is 1. The number of halogens is 1. The lowest BCUT2D eigenvalue weighted by molar-refractivity contribution is -0.141. The average molecular weight is 314 g/mol. The van der Waals surface area contributed by atoms with Crippen molar-refractivity contribution >= 4 is 27.8 Å². The van der Waals surface area contributed by atoms with Crippen molar-refractivity contribution in [1.29, 1.82) is 0 Å². The molecule has 0 heterocycles. The molecule has 0 saturated heterocycles. The van der Waals surface area contributed by atoms with Gasteiger partial charge in [-0.25, -0.2) is 4.79 Å². The van der Waals surface area contributed by atoms with Crippen LogP contribution >= 0.6 is 15.9 Å². The van der Waals surface area contributed by atoms with Crippen LogP contribution < -0.4 is 0 Å². The standard InChI is InChI=1S/C13H16BrNO3/c1-7-6-11(14)8(2)5-10(7)12(16)15(4)9(3)13(17)18/h5-6,9H,1-4H3,(H,17,18). The number of carbonyl (C=O) groups excluding carboxylic acids is 1. The molecule has 0 aliphatic carbocycles. The number of carboxylic acid groups (broad SMARTS) is 1. The molecule has 4 nitrogen and oxygen atoms in total. The molecular formula is C13H16BrNO3. The van der Waals surface area contributed by atoms with Crippen LogP contribution in [0.1, 0.15) is 28.4 Å². The molecule has 0 aliphatic rings. The van der Waals surface area contributed by atoms with Crippen molar-refractivity contribution in [2.45, 2.75) is 26.8 Å². The second-order valence-corrected chi connectivity index (χ2v) is 5.20. The summed E-state index contributed by atoms with van der Waals surface area (Å²) in [5, 5.41) is 8.91. The summed E-state index contributed by atoms with van der Waals surface area (Å²) in [4.78, 5) is 24.3. The van der Waals surface area contributed by atoms with Gasteiger partial charge in [-0.15, -0.1) is 0 Å². The highest BCUT2D eigenvalue weighted by Gasteiger charge is 2.24. The van der Waals surface area contributed by atoms with Crippen LogP contribution in [-0.2, 0) is 4.79 Å². The van der Waals surface area contributed by atoms with Crippen molar-refractivity contribution in [2.75, 3.05) is 7.05 Å². The lowest BCUT2D eigenvalue weighted by Crippen LogP contribution is -2.40. The fourth-order valence-corrected chi connectivity index (χ4v) is 2.00. The van der Waals surface area contributed by atoms with E-state index in [1.807, 2.05) is 19.9 Å². The molecule has 0 aromatic heterocycles. The fourth-order valence-electron chi connectivity index (χ4n) is 1.54. The topological polar surface area (TPSA) is 57.6 Å². The summed E-state index contributed by atoms with van der Waals surface area (Å²) in [7, 11) is 1.50. The van der Waals surface area contributed by atoms with Gasteiger partial charge in [0, 0.05) is 17.1 Å². The Labute approximate surface area is 115 Å². The maximum absolute atomic E-state index is 12.2. The molecular weight excluding hydrogens is 298 g/mol. The first-order valence-electron chi connectivity index (χ1n) is 5.52. The number of rotatable bonds is 3. The van der Waals surface area contributed by atoms with Crippen molar-refractivity contribution in [2.24, 2.45) is 0 Å². The van der Waals surface area contributed by atoms with Gasteiger partial charge in [0.25, 0.3) is 5.91 Å². The van der Waals surface area contributed by atoms with E-state index in [2.05, 4.69) is 15.9 Å². The number of hydrogen-bond donors (Lipinski definition) is 1. The summed E-state index contributed by atoms with van der Waals surface area (Å²) in [5.41, 5.74) is 2.30. The second-order valence-electron chi connectivity index (χ2n) is 4.35. The molecule has 18 heavy (non-hydrogen) atoms. The van der Waals surface area contributed by atoms with E-state index < -0.39 is 12.0 Å². The third kappa shape index (κ3) is 2.90. The third-order valence-corrected chi connectivity index (χ3v) is 3.85. The normalized spacial score (nSPS) is 12.1. The molecule has 0 saturated carbocycles. The second kappa shape index (κ2) is 5.52. The fraction of sp³-hybridized carbons (Fsp3) is 0.385. The number of aryl methyl sites for hydroxylation is 2. The molecule has 1 amide bonds. The zero-order valence-corrected chi connectivity index (χ0v) is 12.4. The highest BCUT2D eigenvalue weighted by molar-refractivity contribution is 9.10. The summed E-state index contributed by atoms with van der Waals surface area (Å²) in [6.07, 6.45) is 0. The molecule has 0 radical (unpaired) electrons. The Balaban J connectivity index is 3.11. The molecule has 5 heteroatoms. The van der Waals surface area contributed by atoms with Crippen molar-refractivity contribution in [1.82, 2.24) is 4.90 Å². The molecule has 1 N–H and O–H groups in total. The van der Waals surface area contributed by atoms with Gasteiger partial charge in [0.05, 0.1) is 0 Å². The average Bonchev–Trinajstić information content (AvgIpc) is 2.30. The molecule has 1 unspecified atom stereocenters. The van der Waals surface area contributed by atoms with Gasteiger partial charge in [-0.1, -0.05) is 15.9 Å². The Bertz CT molecular complexity index is 499.